The fourth-order valence-corrected chi connectivity index (χ4v) is 4.13. The fraction of sp³-hybridized carbons (Fsp3) is 0.400. The molecule has 5 nitrogen and oxygen atoms in total. The summed E-state index contributed by atoms with van der Waals surface area (Å²) in [7, 11) is -2.19. The summed E-state index contributed by atoms with van der Waals surface area (Å²) in [5, 5.41) is 2.71. The van der Waals surface area contributed by atoms with Crippen LogP contribution in [0.1, 0.15) is 36.0 Å². The van der Waals surface area contributed by atoms with Gasteiger partial charge in [0.1, 0.15) is 15.7 Å². The molecule has 0 radical (unpaired) electrons. The van der Waals surface area contributed by atoms with Crippen molar-refractivity contribution >= 4 is 21.4 Å². The Morgan fingerprint density at radius 2 is 2.09 bits per heavy atom. The summed E-state index contributed by atoms with van der Waals surface area (Å²) in [5.74, 6) is 0.665. The zero-order chi connectivity index (χ0) is 16.3. The lowest BCUT2D eigenvalue weighted by Crippen LogP contribution is -2.23. The standard InChI is InChI=1S/C15H20N2O3S2/c1-10(2)12-9-21-15(17-12)8-16-22(18,19)14-7-11(3)5-6-13(14)20-4/h5-7,9-10,16H,8H2,1-4H3. The average molecular weight is 340 g/mol. The van der Waals surface area contributed by atoms with E-state index in [1.54, 1.807) is 12.1 Å². The third-order valence-electron chi connectivity index (χ3n) is 3.18. The molecule has 0 bridgehead atoms. The second-order valence-corrected chi connectivity index (χ2v) is 7.98. The highest BCUT2D eigenvalue weighted by molar-refractivity contribution is 7.89. The van der Waals surface area contributed by atoms with Crippen molar-refractivity contribution in [1.29, 1.82) is 0 Å². The van der Waals surface area contributed by atoms with Crippen LogP contribution in [-0.4, -0.2) is 20.5 Å². The van der Waals surface area contributed by atoms with Crippen LogP contribution in [0.25, 0.3) is 0 Å². The maximum Gasteiger partial charge on any atom is 0.244 e. The molecule has 0 aliphatic heterocycles. The molecule has 0 aliphatic carbocycles. The first-order valence-electron chi connectivity index (χ1n) is 6.92. The minimum absolute atomic E-state index is 0.149. The molecule has 2 aromatic rings. The maximum absolute atomic E-state index is 12.5. The van der Waals surface area contributed by atoms with Gasteiger partial charge in [-0.3, -0.25) is 0 Å². The fourth-order valence-electron chi connectivity index (χ4n) is 1.90. The number of nitrogens with zero attached hydrogens (tertiary/aromatic N) is 1. The van der Waals surface area contributed by atoms with E-state index >= 15 is 0 Å². The quantitative estimate of drug-likeness (QED) is 0.877. The van der Waals surface area contributed by atoms with E-state index < -0.39 is 10.0 Å². The molecule has 1 heterocycles. The zero-order valence-corrected chi connectivity index (χ0v) is 14.7. The first kappa shape index (κ1) is 16.9. The molecule has 0 fully saturated rings. The molecule has 0 aliphatic rings. The third-order valence-corrected chi connectivity index (χ3v) is 5.47. The largest absolute Gasteiger partial charge is 0.495 e. The normalized spacial score (nSPS) is 11.9. The van der Waals surface area contributed by atoms with E-state index in [4.69, 9.17) is 4.74 Å². The van der Waals surface area contributed by atoms with Gasteiger partial charge < -0.3 is 4.74 Å². The molecule has 1 aromatic carbocycles. The summed E-state index contributed by atoms with van der Waals surface area (Å²) in [6, 6.07) is 5.07. The van der Waals surface area contributed by atoms with Crippen LogP contribution in [0, 0.1) is 6.92 Å². The summed E-state index contributed by atoms with van der Waals surface area (Å²) in [4.78, 5) is 4.58. The number of aromatic nitrogens is 1. The smallest absolute Gasteiger partial charge is 0.244 e. The van der Waals surface area contributed by atoms with Crippen LogP contribution < -0.4 is 9.46 Å². The van der Waals surface area contributed by atoms with Crippen LogP contribution in [-0.2, 0) is 16.6 Å². The molecule has 1 N–H and O–H groups in total. The van der Waals surface area contributed by atoms with Gasteiger partial charge >= 0.3 is 0 Å². The number of hydrogen-bond donors (Lipinski definition) is 1. The van der Waals surface area contributed by atoms with Crippen molar-refractivity contribution in [2.75, 3.05) is 7.11 Å². The Kier molecular flexibility index (Phi) is 5.20. The topological polar surface area (TPSA) is 68.3 Å². The van der Waals surface area contributed by atoms with E-state index in [0.29, 0.717) is 11.7 Å². The summed E-state index contributed by atoms with van der Waals surface area (Å²) in [6.07, 6.45) is 0. The van der Waals surface area contributed by atoms with Crippen LogP contribution in [0.5, 0.6) is 5.75 Å². The molecular formula is C15H20N2O3S2. The lowest BCUT2D eigenvalue weighted by Gasteiger charge is -2.10. The molecular weight excluding hydrogens is 320 g/mol. The SMILES string of the molecule is COc1ccc(C)cc1S(=O)(=O)NCc1nc(C(C)C)cs1. The Morgan fingerprint density at radius 1 is 1.36 bits per heavy atom. The van der Waals surface area contributed by atoms with Crippen molar-refractivity contribution < 1.29 is 13.2 Å². The Balaban J connectivity index is 2.19. The highest BCUT2D eigenvalue weighted by Gasteiger charge is 2.20. The first-order valence-corrected chi connectivity index (χ1v) is 9.28. The summed E-state index contributed by atoms with van der Waals surface area (Å²) in [6.45, 7) is 6.13. The molecule has 0 saturated carbocycles. The van der Waals surface area contributed by atoms with Crippen LogP contribution in [0.4, 0.5) is 0 Å². The molecule has 0 unspecified atom stereocenters. The Morgan fingerprint density at radius 3 is 2.68 bits per heavy atom. The van der Waals surface area contributed by atoms with Crippen LogP contribution in [0.2, 0.25) is 0 Å². The van der Waals surface area contributed by atoms with E-state index in [0.717, 1.165) is 16.3 Å². The number of nitrogens with one attached hydrogen (secondary N) is 1. The Hall–Kier alpha value is -1.44. The van der Waals surface area contributed by atoms with Crippen LogP contribution in [0.3, 0.4) is 0 Å². The van der Waals surface area contributed by atoms with Gasteiger partial charge in [0, 0.05) is 5.38 Å². The van der Waals surface area contributed by atoms with E-state index in [9.17, 15) is 8.42 Å². The van der Waals surface area contributed by atoms with E-state index in [2.05, 4.69) is 23.6 Å². The third kappa shape index (κ3) is 3.85. The van der Waals surface area contributed by atoms with Crippen LogP contribution >= 0.6 is 11.3 Å². The van der Waals surface area contributed by atoms with Gasteiger partial charge in [0.25, 0.3) is 0 Å². The molecule has 2 rings (SSSR count). The number of benzene rings is 1. The predicted octanol–water partition coefficient (Wildman–Crippen LogP) is 3.06. The van der Waals surface area contributed by atoms with Gasteiger partial charge in [0.2, 0.25) is 10.0 Å². The van der Waals surface area contributed by atoms with E-state index in [1.807, 2.05) is 18.4 Å². The number of aryl methyl sites for hydroxylation is 1. The number of rotatable bonds is 6. The number of methoxy groups -OCH3 is 1. The monoisotopic (exact) mass is 340 g/mol. The van der Waals surface area contributed by atoms with Crippen molar-refractivity contribution in [3.8, 4) is 5.75 Å². The molecule has 0 atom stereocenters. The molecule has 0 saturated heterocycles. The Labute approximate surface area is 135 Å². The summed E-state index contributed by atoms with van der Waals surface area (Å²) in [5.41, 5.74) is 1.84. The van der Waals surface area contributed by atoms with Crippen molar-refractivity contribution in [3.63, 3.8) is 0 Å². The Bertz CT molecular complexity index is 752. The van der Waals surface area contributed by atoms with Gasteiger partial charge in [-0.1, -0.05) is 19.9 Å². The molecule has 0 amide bonds. The van der Waals surface area contributed by atoms with Gasteiger partial charge in [0.05, 0.1) is 19.3 Å². The lowest BCUT2D eigenvalue weighted by atomic mass is 10.2. The lowest BCUT2D eigenvalue weighted by molar-refractivity contribution is 0.402. The van der Waals surface area contributed by atoms with Gasteiger partial charge in [-0.2, -0.15) is 0 Å². The second kappa shape index (κ2) is 6.76. The zero-order valence-electron chi connectivity index (χ0n) is 13.1. The van der Waals surface area contributed by atoms with Gasteiger partial charge in [-0.25, -0.2) is 18.1 Å². The second-order valence-electron chi connectivity index (χ2n) is 5.30. The molecule has 120 valence electrons. The number of sulfonamides is 1. The summed E-state index contributed by atoms with van der Waals surface area (Å²) >= 11 is 1.46. The first-order chi connectivity index (χ1) is 10.3. The average Bonchev–Trinajstić information content (AvgIpc) is 2.94. The molecule has 0 spiro atoms. The number of ether oxygens (including phenoxy) is 1. The molecule has 22 heavy (non-hydrogen) atoms. The minimum atomic E-state index is -3.64. The highest BCUT2D eigenvalue weighted by atomic mass is 32.2. The minimum Gasteiger partial charge on any atom is -0.495 e. The van der Waals surface area contributed by atoms with Crippen molar-refractivity contribution in [2.24, 2.45) is 0 Å². The summed E-state index contributed by atoms with van der Waals surface area (Å²) < 4.78 is 32.7. The number of hydrogen-bond acceptors (Lipinski definition) is 5. The van der Waals surface area contributed by atoms with Gasteiger partial charge in [0.15, 0.2) is 0 Å². The van der Waals surface area contributed by atoms with Crippen molar-refractivity contribution in [1.82, 2.24) is 9.71 Å². The van der Waals surface area contributed by atoms with E-state index in [1.165, 1.54) is 18.4 Å². The predicted molar refractivity (Wildman–Crippen MR) is 88.0 cm³/mol. The maximum atomic E-state index is 12.5. The molecule has 1 aromatic heterocycles. The van der Waals surface area contributed by atoms with Crippen molar-refractivity contribution in [2.45, 2.75) is 38.1 Å². The van der Waals surface area contributed by atoms with Gasteiger partial charge in [-0.05, 0) is 30.5 Å². The number of thiazole rings is 1. The van der Waals surface area contributed by atoms with Crippen LogP contribution in [0.15, 0.2) is 28.5 Å². The van der Waals surface area contributed by atoms with Gasteiger partial charge in [-0.15, -0.1) is 11.3 Å². The highest BCUT2D eigenvalue weighted by Crippen LogP contribution is 2.25. The van der Waals surface area contributed by atoms with E-state index in [-0.39, 0.29) is 11.4 Å². The molecule has 7 heteroatoms. The van der Waals surface area contributed by atoms with Crippen molar-refractivity contribution in [3.05, 3.63) is 39.8 Å².